The summed E-state index contributed by atoms with van der Waals surface area (Å²) in [5.74, 6) is 0.471. The van der Waals surface area contributed by atoms with E-state index in [0.29, 0.717) is 12.0 Å². The molecular formula is C17H25NO2. The average molecular weight is 275 g/mol. The molecular weight excluding hydrogens is 250 g/mol. The Bertz CT molecular complexity index is 434. The molecule has 2 rings (SSSR count). The maximum Gasteiger partial charge on any atom is 0.325 e. The number of hydrogen-bond acceptors (Lipinski definition) is 3. The fraction of sp³-hybridized carbons (Fsp3) is 0.588. The highest BCUT2D eigenvalue weighted by atomic mass is 16.5. The Morgan fingerprint density at radius 2 is 1.75 bits per heavy atom. The predicted molar refractivity (Wildman–Crippen MR) is 80.7 cm³/mol. The second kappa shape index (κ2) is 6.40. The predicted octanol–water partition coefficient (Wildman–Crippen LogP) is 3.25. The Kier molecular flexibility index (Phi) is 4.81. The molecule has 1 aliphatic rings. The summed E-state index contributed by atoms with van der Waals surface area (Å²) in [4.78, 5) is 11.7. The highest BCUT2D eigenvalue weighted by Crippen LogP contribution is 2.33. The van der Waals surface area contributed by atoms with Gasteiger partial charge in [-0.15, -0.1) is 0 Å². The molecule has 1 aromatic rings. The molecule has 1 aromatic carbocycles. The van der Waals surface area contributed by atoms with Crippen LogP contribution in [0.1, 0.15) is 51.0 Å². The number of carbonyl (C=O) groups excluding carboxylic acids is 1. The number of rotatable bonds is 4. The van der Waals surface area contributed by atoms with Crippen molar-refractivity contribution < 1.29 is 9.53 Å². The molecule has 1 N–H and O–H groups in total. The standard InChI is InChI=1S/C17H25NO2/c1-17(2,16(19)20-3)18-15-11-9-14(10-12-15)13-7-5-4-6-8-13/h4-8,14-15,18H,9-12H2,1-3H3. The molecule has 0 spiro atoms. The number of nitrogens with one attached hydrogen (secondary N) is 1. The Morgan fingerprint density at radius 3 is 2.30 bits per heavy atom. The van der Waals surface area contributed by atoms with Crippen LogP contribution < -0.4 is 5.32 Å². The summed E-state index contributed by atoms with van der Waals surface area (Å²) in [6.45, 7) is 3.78. The molecule has 0 aliphatic heterocycles. The van der Waals surface area contributed by atoms with E-state index in [2.05, 4.69) is 35.6 Å². The normalized spacial score (nSPS) is 23.4. The third-order valence-electron chi connectivity index (χ3n) is 4.26. The van der Waals surface area contributed by atoms with Gasteiger partial charge in [-0.3, -0.25) is 10.1 Å². The van der Waals surface area contributed by atoms with Crippen LogP contribution in [-0.2, 0) is 9.53 Å². The number of benzene rings is 1. The first-order valence-corrected chi connectivity index (χ1v) is 7.44. The van der Waals surface area contributed by atoms with Crippen LogP contribution >= 0.6 is 0 Å². The number of methoxy groups -OCH3 is 1. The number of ether oxygens (including phenoxy) is 1. The minimum absolute atomic E-state index is 0.192. The lowest BCUT2D eigenvalue weighted by Crippen LogP contribution is -2.52. The van der Waals surface area contributed by atoms with E-state index >= 15 is 0 Å². The third kappa shape index (κ3) is 3.60. The molecule has 0 bridgehead atoms. The van der Waals surface area contributed by atoms with Crippen molar-refractivity contribution in [3.63, 3.8) is 0 Å². The van der Waals surface area contributed by atoms with Gasteiger partial charge in [0.2, 0.25) is 0 Å². The van der Waals surface area contributed by atoms with Crippen LogP contribution in [0.5, 0.6) is 0 Å². The summed E-state index contributed by atoms with van der Waals surface area (Å²) >= 11 is 0. The molecule has 3 nitrogen and oxygen atoms in total. The summed E-state index contributed by atoms with van der Waals surface area (Å²) in [5.41, 5.74) is 0.845. The quantitative estimate of drug-likeness (QED) is 0.857. The van der Waals surface area contributed by atoms with E-state index in [1.807, 2.05) is 13.8 Å². The van der Waals surface area contributed by atoms with Gasteiger partial charge in [-0.25, -0.2) is 0 Å². The van der Waals surface area contributed by atoms with Crippen molar-refractivity contribution in [1.29, 1.82) is 0 Å². The van der Waals surface area contributed by atoms with Crippen molar-refractivity contribution >= 4 is 5.97 Å². The lowest BCUT2D eigenvalue weighted by atomic mass is 9.81. The van der Waals surface area contributed by atoms with Crippen LogP contribution in [-0.4, -0.2) is 24.7 Å². The van der Waals surface area contributed by atoms with E-state index < -0.39 is 5.54 Å². The zero-order valence-corrected chi connectivity index (χ0v) is 12.7. The van der Waals surface area contributed by atoms with E-state index in [1.165, 1.54) is 25.5 Å². The number of carbonyl (C=O) groups is 1. The average Bonchev–Trinajstić information content (AvgIpc) is 2.47. The monoisotopic (exact) mass is 275 g/mol. The van der Waals surface area contributed by atoms with E-state index in [0.717, 1.165) is 12.8 Å². The van der Waals surface area contributed by atoms with Gasteiger partial charge in [0.05, 0.1) is 7.11 Å². The molecule has 0 aromatic heterocycles. The second-order valence-corrected chi connectivity index (χ2v) is 6.22. The molecule has 0 radical (unpaired) electrons. The summed E-state index contributed by atoms with van der Waals surface area (Å²) in [6.07, 6.45) is 4.58. The summed E-state index contributed by atoms with van der Waals surface area (Å²) < 4.78 is 4.85. The van der Waals surface area contributed by atoms with Crippen LogP contribution in [0.25, 0.3) is 0 Å². The first-order chi connectivity index (χ1) is 9.53. The van der Waals surface area contributed by atoms with Crippen molar-refractivity contribution in [2.45, 2.75) is 57.0 Å². The lowest BCUT2D eigenvalue weighted by molar-refractivity contribution is -0.147. The molecule has 110 valence electrons. The van der Waals surface area contributed by atoms with Crippen LogP contribution in [0.2, 0.25) is 0 Å². The first-order valence-electron chi connectivity index (χ1n) is 7.44. The first kappa shape index (κ1) is 15.0. The fourth-order valence-electron chi connectivity index (χ4n) is 3.12. The van der Waals surface area contributed by atoms with E-state index in [9.17, 15) is 4.79 Å². The van der Waals surface area contributed by atoms with Gasteiger partial charge in [-0.2, -0.15) is 0 Å². The van der Waals surface area contributed by atoms with Gasteiger partial charge in [-0.05, 0) is 51.0 Å². The number of hydrogen-bond donors (Lipinski definition) is 1. The third-order valence-corrected chi connectivity index (χ3v) is 4.26. The molecule has 0 saturated heterocycles. The van der Waals surface area contributed by atoms with Gasteiger partial charge >= 0.3 is 5.97 Å². The summed E-state index contributed by atoms with van der Waals surface area (Å²) in [5, 5.41) is 3.44. The van der Waals surface area contributed by atoms with Gasteiger partial charge in [0, 0.05) is 6.04 Å². The van der Waals surface area contributed by atoms with Crippen molar-refractivity contribution in [3.05, 3.63) is 35.9 Å². The SMILES string of the molecule is COC(=O)C(C)(C)NC1CCC(c2ccccc2)CC1. The lowest BCUT2D eigenvalue weighted by Gasteiger charge is -2.34. The van der Waals surface area contributed by atoms with Gasteiger partial charge < -0.3 is 4.74 Å². The highest BCUT2D eigenvalue weighted by Gasteiger charge is 2.32. The Balaban J connectivity index is 1.87. The van der Waals surface area contributed by atoms with Gasteiger partial charge in [0.15, 0.2) is 0 Å². The zero-order chi connectivity index (χ0) is 14.6. The Hall–Kier alpha value is -1.35. The highest BCUT2D eigenvalue weighted by molar-refractivity contribution is 5.79. The minimum atomic E-state index is -0.598. The molecule has 0 amide bonds. The topological polar surface area (TPSA) is 38.3 Å². The smallest absolute Gasteiger partial charge is 0.325 e. The maximum atomic E-state index is 11.7. The largest absolute Gasteiger partial charge is 0.468 e. The van der Waals surface area contributed by atoms with Gasteiger partial charge in [0.25, 0.3) is 0 Å². The van der Waals surface area contributed by atoms with Crippen LogP contribution in [0, 0.1) is 0 Å². The maximum absolute atomic E-state index is 11.7. The van der Waals surface area contributed by atoms with Gasteiger partial charge in [0.1, 0.15) is 5.54 Å². The van der Waals surface area contributed by atoms with E-state index in [-0.39, 0.29) is 5.97 Å². The van der Waals surface area contributed by atoms with E-state index in [4.69, 9.17) is 4.74 Å². The van der Waals surface area contributed by atoms with Crippen LogP contribution in [0.15, 0.2) is 30.3 Å². The van der Waals surface area contributed by atoms with E-state index in [1.54, 1.807) is 0 Å². The Labute approximate surface area is 121 Å². The zero-order valence-electron chi connectivity index (χ0n) is 12.7. The van der Waals surface area contributed by atoms with Crippen LogP contribution in [0.3, 0.4) is 0 Å². The molecule has 1 saturated carbocycles. The second-order valence-electron chi connectivity index (χ2n) is 6.22. The van der Waals surface area contributed by atoms with Crippen LogP contribution in [0.4, 0.5) is 0 Å². The molecule has 0 unspecified atom stereocenters. The number of esters is 1. The molecule has 0 atom stereocenters. The summed E-state index contributed by atoms with van der Waals surface area (Å²) in [7, 11) is 1.44. The molecule has 1 aliphatic carbocycles. The van der Waals surface area contributed by atoms with Crippen molar-refractivity contribution in [3.8, 4) is 0 Å². The fourth-order valence-corrected chi connectivity index (χ4v) is 3.12. The van der Waals surface area contributed by atoms with Crippen molar-refractivity contribution in [2.24, 2.45) is 0 Å². The van der Waals surface area contributed by atoms with Gasteiger partial charge in [-0.1, -0.05) is 30.3 Å². The molecule has 3 heteroatoms. The molecule has 20 heavy (non-hydrogen) atoms. The molecule has 1 fully saturated rings. The summed E-state index contributed by atoms with van der Waals surface area (Å²) in [6, 6.07) is 11.1. The molecule has 0 heterocycles. The minimum Gasteiger partial charge on any atom is -0.468 e. The van der Waals surface area contributed by atoms with Crippen molar-refractivity contribution in [1.82, 2.24) is 5.32 Å². The Morgan fingerprint density at radius 1 is 1.15 bits per heavy atom. The van der Waals surface area contributed by atoms with Crippen molar-refractivity contribution in [2.75, 3.05) is 7.11 Å².